The summed E-state index contributed by atoms with van der Waals surface area (Å²) in [6.07, 6.45) is 10.5. The fourth-order valence-corrected chi connectivity index (χ4v) is 6.64. The summed E-state index contributed by atoms with van der Waals surface area (Å²) in [6, 6.07) is 0. The molecule has 3 nitrogen and oxygen atoms in total. The van der Waals surface area contributed by atoms with Gasteiger partial charge in [-0.25, -0.2) is 0 Å². The number of hydrogen-bond donors (Lipinski definition) is 0. The average Bonchev–Trinajstić information content (AvgIpc) is 2.72. The van der Waals surface area contributed by atoms with Gasteiger partial charge in [0.1, 0.15) is 0 Å². The molecule has 0 aromatic rings. The third-order valence-electron chi connectivity index (χ3n) is 2.94. The monoisotopic (exact) mass is 248 g/mol. The Hall–Kier alpha value is 0.0743. The van der Waals surface area contributed by atoms with E-state index in [1.165, 1.54) is 0 Å². The van der Waals surface area contributed by atoms with E-state index in [-0.39, 0.29) is 3.72 Å². The van der Waals surface area contributed by atoms with Crippen LogP contribution in [-0.2, 0) is 27.7 Å². The molecule has 0 amide bonds. The molecule has 0 heterocycles. The molecule has 86 valence electrons. The molecule has 1 aliphatic carbocycles. The molecule has 1 aliphatic rings. The SMILES string of the molecule is CCC[C]1([Ti]([O]C)([O]C)[O]C)C=CC=C1. The van der Waals surface area contributed by atoms with Gasteiger partial charge in [0.15, 0.2) is 0 Å². The van der Waals surface area contributed by atoms with Crippen molar-refractivity contribution in [2.45, 2.75) is 23.5 Å². The van der Waals surface area contributed by atoms with E-state index in [4.69, 9.17) is 9.96 Å². The van der Waals surface area contributed by atoms with Crippen molar-refractivity contribution in [1.29, 1.82) is 0 Å². The van der Waals surface area contributed by atoms with Gasteiger partial charge in [-0.05, 0) is 0 Å². The molecule has 15 heavy (non-hydrogen) atoms. The first-order valence-electron chi connectivity index (χ1n) is 5.23. The number of rotatable bonds is 6. The molecule has 0 aliphatic heterocycles. The van der Waals surface area contributed by atoms with Crippen molar-refractivity contribution in [2.75, 3.05) is 21.3 Å². The van der Waals surface area contributed by atoms with Gasteiger partial charge < -0.3 is 0 Å². The molecule has 0 radical (unpaired) electrons. The van der Waals surface area contributed by atoms with Gasteiger partial charge in [0, 0.05) is 0 Å². The summed E-state index contributed by atoms with van der Waals surface area (Å²) < 4.78 is 16.7. The first-order valence-corrected chi connectivity index (χ1v) is 7.92. The molecule has 0 aromatic heterocycles. The van der Waals surface area contributed by atoms with Crippen LogP contribution < -0.4 is 0 Å². The zero-order chi connectivity index (χ0) is 11.4. The average molecular weight is 248 g/mol. The Morgan fingerprint density at radius 2 is 1.47 bits per heavy atom. The summed E-state index contributed by atoms with van der Waals surface area (Å²) in [5, 5.41) is 0. The molecular weight excluding hydrogens is 228 g/mol. The van der Waals surface area contributed by atoms with Crippen LogP contribution in [0, 0.1) is 0 Å². The van der Waals surface area contributed by atoms with Gasteiger partial charge in [0.05, 0.1) is 0 Å². The molecule has 0 atom stereocenters. The minimum atomic E-state index is -3.19. The molecule has 0 bridgehead atoms. The van der Waals surface area contributed by atoms with Crippen molar-refractivity contribution in [1.82, 2.24) is 0 Å². The van der Waals surface area contributed by atoms with Crippen LogP contribution in [0.15, 0.2) is 24.3 Å². The summed E-state index contributed by atoms with van der Waals surface area (Å²) in [5.74, 6) is 0. The minimum absolute atomic E-state index is 0.132. The molecule has 0 spiro atoms. The van der Waals surface area contributed by atoms with E-state index < -0.39 is 17.8 Å². The van der Waals surface area contributed by atoms with Crippen LogP contribution in [0.25, 0.3) is 0 Å². The standard InChI is InChI=1S/C8H11.3CH3O.Ti/c1-2-5-8-6-3-4-7-8;3*1-2;/h3-4,6-7H,2,5H2,1H3;3*1H3;/q;3*-1;+3. The predicted molar refractivity (Wildman–Crippen MR) is 56.9 cm³/mol. The molecule has 0 saturated carbocycles. The van der Waals surface area contributed by atoms with Crippen LogP contribution in [0.1, 0.15) is 19.8 Å². The van der Waals surface area contributed by atoms with E-state index in [0.717, 1.165) is 12.8 Å². The van der Waals surface area contributed by atoms with E-state index >= 15 is 0 Å². The molecular formula is C11H20O3Ti. The molecule has 0 saturated heterocycles. The van der Waals surface area contributed by atoms with Gasteiger partial charge in [-0.1, -0.05) is 0 Å². The Kier molecular flexibility index (Phi) is 4.75. The van der Waals surface area contributed by atoms with Gasteiger partial charge in [0.25, 0.3) is 0 Å². The second-order valence-corrected chi connectivity index (χ2v) is 8.78. The maximum atomic E-state index is 5.62. The molecule has 0 unspecified atom stereocenters. The third kappa shape index (κ3) is 2.12. The zero-order valence-corrected chi connectivity index (χ0v) is 11.5. The molecule has 0 aromatic carbocycles. The van der Waals surface area contributed by atoms with Gasteiger partial charge in [-0.2, -0.15) is 0 Å². The second kappa shape index (κ2) is 5.42. The number of allylic oxidation sites excluding steroid dienone is 4. The Morgan fingerprint density at radius 1 is 1.00 bits per heavy atom. The summed E-state index contributed by atoms with van der Waals surface area (Å²) >= 11 is -3.19. The number of hydrogen-bond acceptors (Lipinski definition) is 3. The fraction of sp³-hybridized carbons (Fsp3) is 0.636. The molecule has 1 rings (SSSR count). The quantitative estimate of drug-likeness (QED) is 0.676. The normalized spacial score (nSPS) is 18.7. The second-order valence-electron chi connectivity index (χ2n) is 3.68. The zero-order valence-electron chi connectivity index (χ0n) is 9.95. The van der Waals surface area contributed by atoms with Crippen molar-refractivity contribution in [3.63, 3.8) is 0 Å². The van der Waals surface area contributed by atoms with E-state index in [2.05, 4.69) is 19.1 Å². The maximum absolute atomic E-state index is 5.62. The van der Waals surface area contributed by atoms with Crippen molar-refractivity contribution in [2.24, 2.45) is 0 Å². The van der Waals surface area contributed by atoms with Crippen molar-refractivity contribution in [3.8, 4) is 0 Å². The Morgan fingerprint density at radius 3 is 1.80 bits per heavy atom. The van der Waals surface area contributed by atoms with Crippen LogP contribution in [0.5, 0.6) is 0 Å². The topological polar surface area (TPSA) is 27.7 Å². The first kappa shape index (κ1) is 13.1. The van der Waals surface area contributed by atoms with Crippen LogP contribution in [0.4, 0.5) is 0 Å². The summed E-state index contributed by atoms with van der Waals surface area (Å²) in [5.41, 5.74) is 0. The Labute approximate surface area is 96.9 Å². The predicted octanol–water partition coefficient (Wildman–Crippen LogP) is 2.91. The summed E-state index contributed by atoms with van der Waals surface area (Å²) in [6.45, 7) is 2.16. The van der Waals surface area contributed by atoms with E-state index in [1.54, 1.807) is 21.3 Å². The Bertz CT molecular complexity index is 236. The Balaban J connectivity index is 3.06. The molecule has 4 heteroatoms. The van der Waals surface area contributed by atoms with Crippen LogP contribution in [-0.4, -0.2) is 21.3 Å². The summed E-state index contributed by atoms with van der Waals surface area (Å²) in [7, 11) is 5.05. The molecule has 0 N–H and O–H groups in total. The first-order chi connectivity index (χ1) is 7.20. The third-order valence-corrected chi connectivity index (χ3v) is 8.15. The van der Waals surface area contributed by atoms with E-state index in [9.17, 15) is 0 Å². The molecule has 0 fully saturated rings. The van der Waals surface area contributed by atoms with Crippen molar-refractivity contribution < 1.29 is 27.7 Å². The van der Waals surface area contributed by atoms with Crippen LogP contribution >= 0.6 is 0 Å². The van der Waals surface area contributed by atoms with Gasteiger partial charge >= 0.3 is 96.8 Å². The van der Waals surface area contributed by atoms with Crippen LogP contribution in [0.2, 0.25) is 3.72 Å². The fourth-order valence-electron chi connectivity index (χ4n) is 2.27. The van der Waals surface area contributed by atoms with Crippen molar-refractivity contribution >= 4 is 0 Å². The van der Waals surface area contributed by atoms with E-state index in [0.29, 0.717) is 0 Å². The van der Waals surface area contributed by atoms with Gasteiger partial charge in [-0.15, -0.1) is 0 Å². The van der Waals surface area contributed by atoms with Crippen LogP contribution in [0.3, 0.4) is 0 Å². The van der Waals surface area contributed by atoms with Gasteiger partial charge in [0.2, 0.25) is 0 Å². The van der Waals surface area contributed by atoms with E-state index in [1.807, 2.05) is 12.2 Å². The summed E-state index contributed by atoms with van der Waals surface area (Å²) in [4.78, 5) is 0. The van der Waals surface area contributed by atoms with Gasteiger partial charge in [-0.3, -0.25) is 0 Å². The van der Waals surface area contributed by atoms with Crippen molar-refractivity contribution in [3.05, 3.63) is 24.3 Å².